The molecule has 0 aliphatic carbocycles. The Morgan fingerprint density at radius 1 is 1.45 bits per heavy atom. The fourth-order valence-corrected chi connectivity index (χ4v) is 2.88. The number of aliphatic hydroxyl groups is 1. The van der Waals surface area contributed by atoms with Crippen LogP contribution in [0.4, 0.5) is 4.79 Å². The molecule has 2 atom stereocenters. The predicted octanol–water partition coefficient (Wildman–Crippen LogP) is 1.88. The van der Waals surface area contributed by atoms with Gasteiger partial charge in [0.2, 0.25) is 0 Å². The molecule has 2 unspecified atom stereocenters. The lowest BCUT2D eigenvalue weighted by molar-refractivity contribution is 0.201. The number of aliphatic hydroxyl groups excluding tert-OH is 1. The fraction of sp³-hybridized carbons (Fsp3) is 0.688. The first-order valence-corrected chi connectivity index (χ1v) is 8.13. The molecule has 22 heavy (non-hydrogen) atoms. The summed E-state index contributed by atoms with van der Waals surface area (Å²) in [6.45, 7) is 4.72. The van der Waals surface area contributed by atoms with Gasteiger partial charge in [0.15, 0.2) is 0 Å². The molecule has 6 nitrogen and oxygen atoms in total. The summed E-state index contributed by atoms with van der Waals surface area (Å²) in [5.41, 5.74) is 0. The van der Waals surface area contributed by atoms with Gasteiger partial charge < -0.3 is 20.2 Å². The van der Waals surface area contributed by atoms with E-state index in [9.17, 15) is 4.79 Å². The zero-order valence-electron chi connectivity index (χ0n) is 13.3. The summed E-state index contributed by atoms with van der Waals surface area (Å²) in [5, 5.41) is 14.6. The highest BCUT2D eigenvalue weighted by Crippen LogP contribution is 2.24. The Bertz CT molecular complexity index is 430. The van der Waals surface area contributed by atoms with Crippen molar-refractivity contribution in [1.29, 1.82) is 0 Å². The summed E-state index contributed by atoms with van der Waals surface area (Å²) in [6, 6.07) is 3.83. The summed E-state index contributed by atoms with van der Waals surface area (Å²) in [7, 11) is 0. The molecule has 1 saturated heterocycles. The van der Waals surface area contributed by atoms with Gasteiger partial charge in [-0.2, -0.15) is 0 Å². The highest BCUT2D eigenvalue weighted by atomic mass is 16.3. The summed E-state index contributed by atoms with van der Waals surface area (Å²) < 4.78 is 5.53. The SMILES string of the molecule is CC(CCCO)NC(=O)NCC(c1ccco1)N1CCCC1. The van der Waals surface area contributed by atoms with Gasteiger partial charge in [0.05, 0.1) is 12.3 Å². The van der Waals surface area contributed by atoms with Crippen LogP contribution < -0.4 is 10.6 Å². The Morgan fingerprint density at radius 2 is 2.23 bits per heavy atom. The smallest absolute Gasteiger partial charge is 0.315 e. The lowest BCUT2D eigenvalue weighted by atomic mass is 10.2. The zero-order valence-corrected chi connectivity index (χ0v) is 13.3. The molecule has 0 radical (unpaired) electrons. The van der Waals surface area contributed by atoms with Gasteiger partial charge in [-0.25, -0.2) is 4.79 Å². The van der Waals surface area contributed by atoms with E-state index in [-0.39, 0.29) is 24.7 Å². The average Bonchev–Trinajstić information content (AvgIpc) is 3.19. The molecule has 0 saturated carbocycles. The molecule has 1 aromatic rings. The molecular weight excluding hydrogens is 282 g/mol. The minimum Gasteiger partial charge on any atom is -0.468 e. The topological polar surface area (TPSA) is 77.7 Å². The number of furan rings is 1. The second-order valence-electron chi connectivity index (χ2n) is 5.90. The number of hydrogen-bond donors (Lipinski definition) is 3. The lowest BCUT2D eigenvalue weighted by Gasteiger charge is -2.26. The molecule has 2 heterocycles. The van der Waals surface area contributed by atoms with E-state index in [1.165, 1.54) is 12.8 Å². The standard InChI is InChI=1S/C16H27N3O3/c1-13(6-4-10-20)18-16(21)17-12-14(15-7-5-11-22-15)19-8-2-3-9-19/h5,7,11,13-14,20H,2-4,6,8-10,12H2,1H3,(H2,17,18,21). The number of carbonyl (C=O) groups is 1. The van der Waals surface area contributed by atoms with Crippen LogP contribution in [0.25, 0.3) is 0 Å². The molecule has 2 amide bonds. The Morgan fingerprint density at radius 3 is 2.86 bits per heavy atom. The monoisotopic (exact) mass is 309 g/mol. The van der Waals surface area contributed by atoms with Gasteiger partial charge in [0, 0.05) is 19.2 Å². The van der Waals surface area contributed by atoms with Crippen LogP contribution in [-0.2, 0) is 0 Å². The van der Waals surface area contributed by atoms with Gasteiger partial charge in [-0.05, 0) is 57.8 Å². The van der Waals surface area contributed by atoms with E-state index in [2.05, 4.69) is 15.5 Å². The van der Waals surface area contributed by atoms with Crippen molar-refractivity contribution in [2.24, 2.45) is 0 Å². The third-order valence-corrected chi connectivity index (χ3v) is 4.08. The van der Waals surface area contributed by atoms with Crippen molar-refractivity contribution in [1.82, 2.24) is 15.5 Å². The number of hydrogen-bond acceptors (Lipinski definition) is 4. The largest absolute Gasteiger partial charge is 0.468 e. The van der Waals surface area contributed by atoms with E-state index in [1.807, 2.05) is 19.1 Å². The van der Waals surface area contributed by atoms with Crippen LogP contribution in [0.1, 0.15) is 44.4 Å². The molecule has 124 valence electrons. The van der Waals surface area contributed by atoms with Gasteiger partial charge in [0.1, 0.15) is 5.76 Å². The van der Waals surface area contributed by atoms with E-state index in [0.29, 0.717) is 13.0 Å². The maximum absolute atomic E-state index is 12.0. The summed E-state index contributed by atoms with van der Waals surface area (Å²) in [6.07, 6.45) is 5.54. The quantitative estimate of drug-likeness (QED) is 0.685. The third kappa shape index (κ3) is 5.03. The molecule has 0 bridgehead atoms. The number of nitrogens with one attached hydrogen (secondary N) is 2. The van der Waals surface area contributed by atoms with E-state index in [4.69, 9.17) is 9.52 Å². The minimum atomic E-state index is -0.166. The van der Waals surface area contributed by atoms with Crippen LogP contribution >= 0.6 is 0 Å². The van der Waals surface area contributed by atoms with Crippen LogP contribution in [0.15, 0.2) is 22.8 Å². The number of rotatable bonds is 8. The number of likely N-dealkylation sites (tertiary alicyclic amines) is 1. The second-order valence-corrected chi connectivity index (χ2v) is 5.90. The first-order valence-electron chi connectivity index (χ1n) is 8.13. The summed E-state index contributed by atoms with van der Waals surface area (Å²) in [4.78, 5) is 14.3. The van der Waals surface area contributed by atoms with E-state index in [0.717, 1.165) is 25.3 Å². The molecule has 3 N–H and O–H groups in total. The highest BCUT2D eigenvalue weighted by Gasteiger charge is 2.25. The van der Waals surface area contributed by atoms with Crippen molar-refractivity contribution in [3.8, 4) is 0 Å². The predicted molar refractivity (Wildman–Crippen MR) is 84.6 cm³/mol. The van der Waals surface area contributed by atoms with Gasteiger partial charge in [0.25, 0.3) is 0 Å². The van der Waals surface area contributed by atoms with E-state index >= 15 is 0 Å². The Labute approximate surface area is 131 Å². The van der Waals surface area contributed by atoms with Gasteiger partial charge >= 0.3 is 6.03 Å². The van der Waals surface area contributed by atoms with Crippen LogP contribution in [-0.4, -0.2) is 48.3 Å². The van der Waals surface area contributed by atoms with E-state index in [1.54, 1.807) is 6.26 Å². The highest BCUT2D eigenvalue weighted by molar-refractivity contribution is 5.74. The van der Waals surface area contributed by atoms with Crippen molar-refractivity contribution in [3.63, 3.8) is 0 Å². The molecule has 1 aromatic heterocycles. The third-order valence-electron chi connectivity index (χ3n) is 4.08. The summed E-state index contributed by atoms with van der Waals surface area (Å²) >= 11 is 0. The van der Waals surface area contributed by atoms with Crippen molar-refractivity contribution in [2.75, 3.05) is 26.2 Å². The maximum Gasteiger partial charge on any atom is 0.315 e. The van der Waals surface area contributed by atoms with Gasteiger partial charge in [-0.3, -0.25) is 4.90 Å². The molecule has 6 heteroatoms. The van der Waals surface area contributed by atoms with Crippen LogP contribution in [0, 0.1) is 0 Å². The first kappa shape index (κ1) is 16.8. The van der Waals surface area contributed by atoms with Crippen LogP contribution in [0.5, 0.6) is 0 Å². The van der Waals surface area contributed by atoms with Crippen molar-refractivity contribution < 1.29 is 14.3 Å². The number of amides is 2. The normalized spacial score (nSPS) is 18.1. The van der Waals surface area contributed by atoms with Crippen LogP contribution in [0.3, 0.4) is 0 Å². The second kappa shape index (κ2) is 8.80. The molecule has 1 fully saturated rings. The molecule has 1 aliphatic rings. The van der Waals surface area contributed by atoms with Gasteiger partial charge in [-0.1, -0.05) is 0 Å². The minimum absolute atomic E-state index is 0.0565. The van der Waals surface area contributed by atoms with Crippen molar-refractivity contribution >= 4 is 6.03 Å². The Hall–Kier alpha value is -1.53. The molecule has 1 aliphatic heterocycles. The average molecular weight is 309 g/mol. The molecular formula is C16H27N3O3. The van der Waals surface area contributed by atoms with E-state index < -0.39 is 0 Å². The Kier molecular flexibility index (Phi) is 6.74. The van der Waals surface area contributed by atoms with Crippen molar-refractivity contribution in [2.45, 2.75) is 44.7 Å². The van der Waals surface area contributed by atoms with Crippen molar-refractivity contribution in [3.05, 3.63) is 24.2 Å². The Balaban J connectivity index is 1.82. The number of urea groups is 1. The summed E-state index contributed by atoms with van der Waals surface area (Å²) in [5.74, 6) is 0.899. The molecule has 2 rings (SSSR count). The number of nitrogens with zero attached hydrogens (tertiary/aromatic N) is 1. The molecule has 0 spiro atoms. The fourth-order valence-electron chi connectivity index (χ4n) is 2.88. The number of carbonyl (C=O) groups excluding carboxylic acids is 1. The molecule has 0 aromatic carbocycles. The first-order chi connectivity index (χ1) is 10.7. The van der Waals surface area contributed by atoms with Crippen LogP contribution in [0.2, 0.25) is 0 Å². The van der Waals surface area contributed by atoms with Gasteiger partial charge in [-0.15, -0.1) is 0 Å². The zero-order chi connectivity index (χ0) is 15.8. The maximum atomic E-state index is 12.0. The lowest BCUT2D eigenvalue weighted by Crippen LogP contribution is -2.44.